The minimum Gasteiger partial charge on any atom is -0.135 e. The molecule has 6 aromatic heterocycles. The molecule has 0 radical (unpaired) electrons. The van der Waals surface area contributed by atoms with Gasteiger partial charge in [-0.2, -0.15) is 0 Å². The van der Waals surface area contributed by atoms with Gasteiger partial charge in [0.05, 0.1) is 0 Å². The van der Waals surface area contributed by atoms with Crippen LogP contribution < -0.4 is 0 Å². The van der Waals surface area contributed by atoms with Gasteiger partial charge in [0.15, 0.2) is 0 Å². The summed E-state index contributed by atoms with van der Waals surface area (Å²) >= 11 is 11.3. The summed E-state index contributed by atoms with van der Waals surface area (Å²) in [5.74, 6) is 0. The standard InChI is InChI=1S/C30H22S6/c1-3-5-19-7-9-21(31-19)23-11-13-25(33-23)27-15-17-29(35-27)30-18-16-28(36-30)26-14-12-24(34-26)22-10-8-20(32-22)6-4-2/h3-18H,1-2H3. The highest BCUT2D eigenvalue weighted by Crippen LogP contribution is 2.45. The molecule has 6 heteroatoms. The van der Waals surface area contributed by atoms with E-state index in [2.05, 4.69) is 111 Å². The van der Waals surface area contributed by atoms with Crippen molar-refractivity contribution in [2.45, 2.75) is 13.8 Å². The maximum atomic E-state index is 2.28. The van der Waals surface area contributed by atoms with Crippen molar-refractivity contribution < 1.29 is 0 Å². The van der Waals surface area contributed by atoms with Crippen LogP contribution in [0.2, 0.25) is 0 Å². The molecule has 6 aromatic rings. The molecule has 0 bridgehead atoms. The van der Waals surface area contributed by atoms with Crippen molar-refractivity contribution in [2.75, 3.05) is 0 Å². The van der Waals surface area contributed by atoms with Crippen LogP contribution in [0.15, 0.2) is 84.9 Å². The number of hydrogen-bond acceptors (Lipinski definition) is 6. The van der Waals surface area contributed by atoms with E-state index in [4.69, 9.17) is 0 Å². The second-order valence-electron chi connectivity index (χ2n) is 8.06. The monoisotopic (exact) mass is 574 g/mol. The van der Waals surface area contributed by atoms with E-state index < -0.39 is 0 Å². The van der Waals surface area contributed by atoms with Gasteiger partial charge in [-0.05, 0) is 98.8 Å². The zero-order valence-corrected chi connectivity index (χ0v) is 24.6. The number of allylic oxidation sites excluding steroid dienone is 2. The molecule has 0 aromatic carbocycles. The van der Waals surface area contributed by atoms with Gasteiger partial charge in [-0.3, -0.25) is 0 Å². The van der Waals surface area contributed by atoms with E-state index >= 15 is 0 Å². The van der Waals surface area contributed by atoms with Crippen LogP contribution in [0.1, 0.15) is 23.6 Å². The molecule has 178 valence electrons. The minimum absolute atomic E-state index is 1.31. The molecule has 0 aliphatic rings. The average Bonchev–Trinajstić information content (AvgIpc) is 3.71. The summed E-state index contributed by atoms with van der Waals surface area (Å²) < 4.78 is 0. The summed E-state index contributed by atoms with van der Waals surface area (Å²) in [4.78, 5) is 16.0. The second-order valence-corrected chi connectivity index (χ2v) is 14.6. The van der Waals surface area contributed by atoms with Gasteiger partial charge in [-0.15, -0.1) is 68.0 Å². The summed E-state index contributed by atoms with van der Waals surface area (Å²) in [5, 5.41) is 0. The Morgan fingerprint density at radius 3 is 0.806 bits per heavy atom. The van der Waals surface area contributed by atoms with Gasteiger partial charge in [0, 0.05) is 58.5 Å². The van der Waals surface area contributed by atoms with E-state index in [1.165, 1.54) is 58.5 Å². The molecule has 0 fully saturated rings. The van der Waals surface area contributed by atoms with Crippen molar-refractivity contribution in [1.82, 2.24) is 0 Å². The molecule has 0 aliphatic carbocycles. The third-order valence-corrected chi connectivity index (χ3v) is 13.0. The zero-order chi connectivity index (χ0) is 24.5. The van der Waals surface area contributed by atoms with Crippen LogP contribution in [-0.4, -0.2) is 0 Å². The van der Waals surface area contributed by atoms with Crippen LogP contribution in [0.25, 0.3) is 60.9 Å². The molecule has 36 heavy (non-hydrogen) atoms. The topological polar surface area (TPSA) is 0 Å². The van der Waals surface area contributed by atoms with Crippen LogP contribution in [0, 0.1) is 0 Å². The summed E-state index contributed by atoms with van der Waals surface area (Å²) in [7, 11) is 0. The zero-order valence-electron chi connectivity index (χ0n) is 19.7. The van der Waals surface area contributed by atoms with E-state index in [0.717, 1.165) is 0 Å². The predicted octanol–water partition coefficient (Wildman–Crippen LogP) is 12.5. The van der Waals surface area contributed by atoms with Crippen LogP contribution in [0.3, 0.4) is 0 Å². The maximum Gasteiger partial charge on any atom is 0.0449 e. The molecule has 0 aliphatic heterocycles. The van der Waals surface area contributed by atoms with Crippen LogP contribution in [0.5, 0.6) is 0 Å². The van der Waals surface area contributed by atoms with Crippen molar-refractivity contribution in [1.29, 1.82) is 0 Å². The van der Waals surface area contributed by atoms with Crippen molar-refractivity contribution >= 4 is 80.2 Å². The first kappa shape index (κ1) is 24.0. The van der Waals surface area contributed by atoms with Crippen LogP contribution in [0.4, 0.5) is 0 Å². The molecule has 0 atom stereocenters. The molecule has 0 saturated carbocycles. The lowest BCUT2D eigenvalue weighted by atomic mass is 10.3. The van der Waals surface area contributed by atoms with Gasteiger partial charge in [0.25, 0.3) is 0 Å². The summed E-state index contributed by atoms with van der Waals surface area (Å²) in [6.07, 6.45) is 8.54. The minimum atomic E-state index is 1.31. The molecule has 6 heterocycles. The normalized spacial score (nSPS) is 11.9. The van der Waals surface area contributed by atoms with Gasteiger partial charge in [-0.1, -0.05) is 12.2 Å². The highest BCUT2D eigenvalue weighted by molar-refractivity contribution is 7.30. The molecule has 0 spiro atoms. The highest BCUT2D eigenvalue weighted by Gasteiger charge is 2.13. The van der Waals surface area contributed by atoms with Crippen molar-refractivity contribution in [3.05, 3.63) is 94.7 Å². The van der Waals surface area contributed by atoms with Gasteiger partial charge in [0.1, 0.15) is 0 Å². The number of hydrogen-bond donors (Lipinski definition) is 0. The van der Waals surface area contributed by atoms with Gasteiger partial charge < -0.3 is 0 Å². The van der Waals surface area contributed by atoms with E-state index in [-0.39, 0.29) is 0 Å². The van der Waals surface area contributed by atoms with Crippen molar-refractivity contribution in [3.8, 4) is 48.8 Å². The maximum absolute atomic E-state index is 2.28. The summed E-state index contributed by atoms with van der Waals surface area (Å²) in [6.45, 7) is 4.13. The number of rotatable bonds is 7. The molecule has 6 rings (SSSR count). The fourth-order valence-electron chi connectivity index (χ4n) is 3.89. The Bertz CT molecular complexity index is 1540. The van der Waals surface area contributed by atoms with Crippen molar-refractivity contribution in [2.24, 2.45) is 0 Å². The summed E-state index contributed by atoms with van der Waals surface area (Å²) in [6, 6.07) is 27.0. The Kier molecular flexibility index (Phi) is 7.07. The second kappa shape index (κ2) is 10.6. The molecule has 0 nitrogen and oxygen atoms in total. The lowest BCUT2D eigenvalue weighted by Gasteiger charge is -1.93. The Labute approximate surface area is 235 Å². The first-order chi connectivity index (χ1) is 17.7. The first-order valence-corrected chi connectivity index (χ1v) is 16.5. The molecular weight excluding hydrogens is 553 g/mol. The summed E-state index contributed by atoms with van der Waals surface area (Å²) in [5.41, 5.74) is 0. The molecular formula is C30H22S6. The van der Waals surface area contributed by atoms with Crippen LogP contribution >= 0.6 is 68.0 Å². The van der Waals surface area contributed by atoms with Gasteiger partial charge in [-0.25, -0.2) is 0 Å². The Balaban J connectivity index is 1.20. The fraction of sp³-hybridized carbons (Fsp3) is 0.0667. The lowest BCUT2D eigenvalue weighted by molar-refractivity contribution is 1.78. The predicted molar refractivity (Wildman–Crippen MR) is 170 cm³/mol. The van der Waals surface area contributed by atoms with Gasteiger partial charge in [0.2, 0.25) is 0 Å². The molecule has 0 unspecified atom stereocenters. The largest absolute Gasteiger partial charge is 0.135 e. The molecule has 0 amide bonds. The Morgan fingerprint density at radius 2 is 0.556 bits per heavy atom. The lowest BCUT2D eigenvalue weighted by Crippen LogP contribution is -1.58. The third kappa shape index (κ3) is 4.94. The van der Waals surface area contributed by atoms with Gasteiger partial charge >= 0.3 is 0 Å². The molecule has 0 N–H and O–H groups in total. The fourth-order valence-corrected chi connectivity index (χ4v) is 10.3. The SMILES string of the molecule is CC=Cc1ccc(-c2ccc(-c3ccc(-c4ccc(-c5ccc(-c6ccc(C=CC)s6)s5)s4)s3)s2)s1. The smallest absolute Gasteiger partial charge is 0.0449 e. The van der Waals surface area contributed by atoms with Crippen molar-refractivity contribution in [3.63, 3.8) is 0 Å². The number of thiophene rings is 6. The average molecular weight is 575 g/mol. The van der Waals surface area contributed by atoms with Crippen LogP contribution in [-0.2, 0) is 0 Å². The third-order valence-electron chi connectivity index (χ3n) is 5.55. The quantitative estimate of drug-likeness (QED) is 0.178. The molecule has 0 saturated heterocycles. The first-order valence-electron chi connectivity index (χ1n) is 11.6. The van der Waals surface area contributed by atoms with E-state index in [1.807, 2.05) is 68.0 Å². The Hall–Kier alpha value is -2.32. The Morgan fingerprint density at radius 1 is 0.333 bits per heavy atom. The highest BCUT2D eigenvalue weighted by atomic mass is 32.1. The van der Waals surface area contributed by atoms with E-state index in [1.54, 1.807) is 0 Å². The van der Waals surface area contributed by atoms with E-state index in [9.17, 15) is 0 Å². The van der Waals surface area contributed by atoms with E-state index in [0.29, 0.717) is 0 Å².